The summed E-state index contributed by atoms with van der Waals surface area (Å²) in [7, 11) is 0. The van der Waals surface area contributed by atoms with Crippen LogP contribution in [-0.4, -0.2) is 47.6 Å². The molecule has 1 spiro atoms. The third-order valence-electron chi connectivity index (χ3n) is 5.84. The van der Waals surface area contributed by atoms with Crippen LogP contribution in [-0.2, 0) is 20.8 Å². The van der Waals surface area contributed by atoms with Crippen molar-refractivity contribution < 1.29 is 19.4 Å². The average molecular weight is 331 g/mol. The highest BCUT2D eigenvalue weighted by molar-refractivity contribution is 5.70. The molecule has 1 aromatic carbocycles. The third kappa shape index (κ3) is 3.08. The number of hydrogen-bond acceptors (Lipinski definition) is 4. The molecule has 130 valence electrons. The Kier molecular flexibility index (Phi) is 4.33. The van der Waals surface area contributed by atoms with Crippen LogP contribution in [0, 0.1) is 11.8 Å². The Hall–Kier alpha value is -1.43. The molecule has 2 heterocycles. The zero-order valence-electron chi connectivity index (χ0n) is 13.9. The lowest BCUT2D eigenvalue weighted by molar-refractivity contribution is -0.205. The highest BCUT2D eigenvalue weighted by Gasteiger charge is 2.49. The van der Waals surface area contributed by atoms with Crippen molar-refractivity contribution in [3.05, 3.63) is 35.9 Å². The molecule has 24 heavy (non-hydrogen) atoms. The smallest absolute Gasteiger partial charge is 0.307 e. The van der Waals surface area contributed by atoms with Crippen molar-refractivity contribution >= 4 is 5.97 Å². The lowest BCUT2D eigenvalue weighted by atomic mass is 9.72. The van der Waals surface area contributed by atoms with Crippen LogP contribution < -0.4 is 0 Å². The molecule has 1 N–H and O–H groups in total. The summed E-state index contributed by atoms with van der Waals surface area (Å²) >= 11 is 0. The highest BCUT2D eigenvalue weighted by Crippen LogP contribution is 2.45. The van der Waals surface area contributed by atoms with Gasteiger partial charge in [-0.05, 0) is 24.3 Å². The number of aliphatic carboxylic acids is 1. The second-order valence-electron chi connectivity index (χ2n) is 7.36. The fourth-order valence-electron chi connectivity index (χ4n) is 4.76. The number of piperidine rings is 1. The van der Waals surface area contributed by atoms with Crippen molar-refractivity contribution in [1.29, 1.82) is 0 Å². The lowest BCUT2D eigenvalue weighted by Crippen LogP contribution is -2.55. The van der Waals surface area contributed by atoms with Gasteiger partial charge < -0.3 is 14.6 Å². The van der Waals surface area contributed by atoms with Gasteiger partial charge in [0, 0.05) is 32.0 Å². The van der Waals surface area contributed by atoms with Gasteiger partial charge in [-0.15, -0.1) is 0 Å². The van der Waals surface area contributed by atoms with E-state index in [1.807, 2.05) is 18.2 Å². The van der Waals surface area contributed by atoms with Gasteiger partial charge in [-0.1, -0.05) is 30.3 Å². The first-order chi connectivity index (χ1) is 11.7. The molecule has 3 fully saturated rings. The summed E-state index contributed by atoms with van der Waals surface area (Å²) in [5.41, 5.74) is 1.25. The number of fused-ring (bicyclic) bond motifs is 1. The molecule has 5 nitrogen and oxygen atoms in total. The fraction of sp³-hybridized carbons (Fsp3) is 0.632. The fourth-order valence-corrected chi connectivity index (χ4v) is 4.76. The molecule has 5 heteroatoms. The largest absolute Gasteiger partial charge is 0.481 e. The zero-order chi connectivity index (χ0) is 16.6. The molecule has 0 radical (unpaired) electrons. The quantitative estimate of drug-likeness (QED) is 0.922. The predicted octanol–water partition coefficient (Wildman–Crippen LogP) is 2.50. The van der Waals surface area contributed by atoms with Crippen LogP contribution in [0.15, 0.2) is 30.3 Å². The van der Waals surface area contributed by atoms with Gasteiger partial charge in [0.25, 0.3) is 0 Å². The minimum absolute atomic E-state index is 0.300. The number of ether oxygens (including phenoxy) is 2. The number of nitrogens with zero attached hydrogens (tertiary/aromatic N) is 1. The molecule has 0 aromatic heterocycles. The molecule has 3 aliphatic rings. The molecule has 0 amide bonds. The van der Waals surface area contributed by atoms with Gasteiger partial charge >= 0.3 is 5.97 Å². The van der Waals surface area contributed by atoms with E-state index in [4.69, 9.17) is 9.47 Å². The Morgan fingerprint density at radius 3 is 2.71 bits per heavy atom. The summed E-state index contributed by atoms with van der Waals surface area (Å²) in [6.07, 6.45) is 3.49. The van der Waals surface area contributed by atoms with Crippen molar-refractivity contribution in [3.63, 3.8) is 0 Å². The molecular weight excluding hydrogens is 306 g/mol. The van der Waals surface area contributed by atoms with Crippen molar-refractivity contribution in [2.24, 2.45) is 11.8 Å². The van der Waals surface area contributed by atoms with E-state index < -0.39 is 11.8 Å². The summed E-state index contributed by atoms with van der Waals surface area (Å²) in [5, 5.41) is 9.58. The molecule has 4 rings (SSSR count). The Balaban J connectivity index is 1.53. The molecule has 1 saturated carbocycles. The summed E-state index contributed by atoms with van der Waals surface area (Å²) in [6, 6.07) is 10.8. The zero-order valence-corrected chi connectivity index (χ0v) is 13.9. The summed E-state index contributed by atoms with van der Waals surface area (Å²) in [5.74, 6) is -1.10. The van der Waals surface area contributed by atoms with E-state index in [1.54, 1.807) is 0 Å². The molecule has 2 saturated heterocycles. The Labute approximate surface area is 142 Å². The van der Waals surface area contributed by atoms with Crippen molar-refractivity contribution in [1.82, 2.24) is 4.90 Å². The van der Waals surface area contributed by atoms with E-state index in [0.29, 0.717) is 31.7 Å². The molecule has 1 aromatic rings. The molecule has 3 atom stereocenters. The number of likely N-dealkylation sites (tertiary alicyclic amines) is 1. The van der Waals surface area contributed by atoms with Gasteiger partial charge in [-0.2, -0.15) is 0 Å². The minimum atomic E-state index is -0.681. The van der Waals surface area contributed by atoms with Gasteiger partial charge in [0.15, 0.2) is 5.79 Å². The minimum Gasteiger partial charge on any atom is -0.481 e. The Morgan fingerprint density at radius 2 is 2.00 bits per heavy atom. The number of hydrogen-bond donors (Lipinski definition) is 1. The van der Waals surface area contributed by atoms with Crippen LogP contribution in [0.4, 0.5) is 0 Å². The molecule has 0 unspecified atom stereocenters. The van der Waals surface area contributed by atoms with Crippen LogP contribution in [0.3, 0.4) is 0 Å². The second-order valence-corrected chi connectivity index (χ2v) is 7.36. The van der Waals surface area contributed by atoms with Crippen LogP contribution in [0.5, 0.6) is 0 Å². The number of carboxylic acids is 1. The molecular formula is C19H25NO4. The first-order valence-electron chi connectivity index (χ1n) is 8.94. The van der Waals surface area contributed by atoms with E-state index in [0.717, 1.165) is 32.2 Å². The third-order valence-corrected chi connectivity index (χ3v) is 5.84. The lowest BCUT2D eigenvalue weighted by Gasteiger charge is -2.50. The van der Waals surface area contributed by atoms with Crippen LogP contribution in [0.1, 0.15) is 31.2 Å². The van der Waals surface area contributed by atoms with Gasteiger partial charge in [0.2, 0.25) is 0 Å². The number of carbonyl (C=O) groups is 1. The van der Waals surface area contributed by atoms with Crippen molar-refractivity contribution in [2.75, 3.05) is 19.8 Å². The topological polar surface area (TPSA) is 59.0 Å². The summed E-state index contributed by atoms with van der Waals surface area (Å²) in [4.78, 5) is 14.0. The maximum absolute atomic E-state index is 11.7. The highest BCUT2D eigenvalue weighted by atomic mass is 16.7. The van der Waals surface area contributed by atoms with Gasteiger partial charge in [0.1, 0.15) is 0 Å². The Morgan fingerprint density at radius 1 is 1.25 bits per heavy atom. The van der Waals surface area contributed by atoms with E-state index in [1.165, 1.54) is 5.56 Å². The normalized spacial score (nSPS) is 32.6. The van der Waals surface area contributed by atoms with Gasteiger partial charge in [0.05, 0.1) is 19.1 Å². The molecule has 1 aliphatic carbocycles. The average Bonchev–Trinajstić information content (AvgIpc) is 3.03. The molecule has 0 bridgehead atoms. The SMILES string of the molecule is O=C(O)[C@@H]1C[C@@H]2CC3(CC[C@H]2N(Cc2ccccc2)C1)OCCO3. The van der Waals surface area contributed by atoms with Gasteiger partial charge in [-0.25, -0.2) is 0 Å². The maximum Gasteiger partial charge on any atom is 0.307 e. The van der Waals surface area contributed by atoms with E-state index in [-0.39, 0.29) is 5.92 Å². The number of carboxylic acid groups (broad SMARTS) is 1. The van der Waals surface area contributed by atoms with Crippen LogP contribution in [0.2, 0.25) is 0 Å². The first-order valence-corrected chi connectivity index (χ1v) is 8.94. The second kappa shape index (κ2) is 6.47. The van der Waals surface area contributed by atoms with Crippen molar-refractivity contribution in [2.45, 2.75) is 44.1 Å². The first kappa shape index (κ1) is 16.1. The van der Waals surface area contributed by atoms with E-state index in [2.05, 4.69) is 17.0 Å². The monoisotopic (exact) mass is 331 g/mol. The Bertz CT molecular complexity index is 584. The van der Waals surface area contributed by atoms with Crippen LogP contribution >= 0.6 is 0 Å². The summed E-state index contributed by atoms with van der Waals surface area (Å²) < 4.78 is 11.8. The number of benzene rings is 1. The van der Waals surface area contributed by atoms with Gasteiger partial charge in [-0.3, -0.25) is 9.69 Å². The maximum atomic E-state index is 11.7. The molecule has 2 aliphatic heterocycles. The standard InChI is InChI=1S/C19H25NO4/c21-18(22)16-10-15-11-19(23-8-9-24-19)7-6-17(15)20(13-16)12-14-4-2-1-3-5-14/h1-5,15-17H,6-13H2,(H,21,22)/t15-,16-,17-/m1/s1. The van der Waals surface area contributed by atoms with Crippen molar-refractivity contribution in [3.8, 4) is 0 Å². The van der Waals surface area contributed by atoms with E-state index in [9.17, 15) is 9.90 Å². The van der Waals surface area contributed by atoms with E-state index >= 15 is 0 Å². The number of rotatable bonds is 3. The van der Waals surface area contributed by atoms with Crippen LogP contribution in [0.25, 0.3) is 0 Å². The predicted molar refractivity (Wildman–Crippen MR) is 88.4 cm³/mol. The summed E-state index contributed by atoms with van der Waals surface area (Å²) in [6.45, 7) is 2.78.